The highest BCUT2D eigenvalue weighted by Crippen LogP contribution is 2.33. The maximum absolute atomic E-state index is 9.75. The van der Waals surface area contributed by atoms with Gasteiger partial charge in [-0.25, -0.2) is 0 Å². The normalized spacial score (nSPS) is 18.3. The molecule has 1 aliphatic rings. The Labute approximate surface area is 127 Å². The summed E-state index contributed by atoms with van der Waals surface area (Å²) in [5.74, 6) is 1.11. The monoisotopic (exact) mass is 286 g/mol. The van der Waals surface area contributed by atoms with Crippen LogP contribution >= 0.6 is 0 Å². The van der Waals surface area contributed by atoms with Crippen LogP contribution in [0.25, 0.3) is 10.9 Å². The largest absolute Gasteiger partial charge is 0.508 e. The number of H-pyrrole nitrogens is 1. The number of nitrogens with one attached hydrogen (secondary N) is 1. The van der Waals surface area contributed by atoms with E-state index in [1.807, 2.05) is 12.1 Å². The number of hydrogen-bond donors (Lipinski definition) is 2. The van der Waals surface area contributed by atoms with Crippen molar-refractivity contribution in [3.8, 4) is 5.75 Å². The van der Waals surface area contributed by atoms with Crippen LogP contribution in [0.3, 0.4) is 0 Å². The van der Waals surface area contributed by atoms with Crippen LogP contribution in [0, 0.1) is 5.92 Å². The summed E-state index contributed by atoms with van der Waals surface area (Å²) in [7, 11) is 0. The molecule has 1 aromatic heterocycles. The molecular weight excluding hydrogens is 260 g/mol. The number of phenolic OH excluding ortho intramolecular Hbond substituents is 1. The van der Waals surface area contributed by atoms with E-state index in [4.69, 9.17) is 0 Å². The number of benzene rings is 1. The van der Waals surface area contributed by atoms with Gasteiger partial charge in [0.25, 0.3) is 0 Å². The van der Waals surface area contributed by atoms with E-state index < -0.39 is 0 Å². The van der Waals surface area contributed by atoms with Gasteiger partial charge in [-0.15, -0.1) is 0 Å². The van der Waals surface area contributed by atoms with Gasteiger partial charge in [0.2, 0.25) is 0 Å². The lowest BCUT2D eigenvalue weighted by Gasteiger charge is -2.29. The third-order valence-corrected chi connectivity index (χ3v) is 4.78. The predicted octanol–water partition coefficient (Wildman–Crippen LogP) is 3.71. The number of aromatic nitrogens is 1. The van der Waals surface area contributed by atoms with E-state index in [1.165, 1.54) is 48.1 Å². The summed E-state index contributed by atoms with van der Waals surface area (Å²) in [4.78, 5) is 6.10. The van der Waals surface area contributed by atoms with Gasteiger partial charge in [-0.1, -0.05) is 13.8 Å². The number of aromatic amines is 1. The Morgan fingerprint density at radius 1 is 1.33 bits per heavy atom. The minimum atomic E-state index is 0.368. The fourth-order valence-corrected chi connectivity index (χ4v) is 3.69. The topological polar surface area (TPSA) is 39.3 Å². The van der Waals surface area contributed by atoms with Crippen LogP contribution in [0.4, 0.5) is 0 Å². The molecule has 1 aliphatic carbocycles. The highest BCUT2D eigenvalue weighted by molar-refractivity contribution is 5.86. The van der Waals surface area contributed by atoms with Crippen molar-refractivity contribution in [3.05, 3.63) is 29.5 Å². The molecule has 3 heteroatoms. The lowest BCUT2D eigenvalue weighted by Crippen LogP contribution is -2.32. The van der Waals surface area contributed by atoms with Crippen molar-refractivity contribution in [2.75, 3.05) is 19.6 Å². The van der Waals surface area contributed by atoms with Crippen molar-refractivity contribution in [1.82, 2.24) is 9.88 Å². The molecule has 0 fully saturated rings. The van der Waals surface area contributed by atoms with E-state index in [9.17, 15) is 5.11 Å². The Hall–Kier alpha value is -1.48. The van der Waals surface area contributed by atoms with Crippen molar-refractivity contribution < 1.29 is 5.11 Å². The van der Waals surface area contributed by atoms with Crippen LogP contribution in [0.2, 0.25) is 0 Å². The van der Waals surface area contributed by atoms with Crippen molar-refractivity contribution >= 4 is 10.9 Å². The average molecular weight is 286 g/mol. The quantitative estimate of drug-likeness (QED) is 0.879. The minimum absolute atomic E-state index is 0.368. The fraction of sp³-hybridized carbons (Fsp3) is 0.556. The second-order valence-corrected chi connectivity index (χ2v) is 6.31. The van der Waals surface area contributed by atoms with Crippen molar-refractivity contribution in [1.29, 1.82) is 0 Å². The molecular formula is C18H26N2O. The standard InChI is InChI=1S/C18H26N2O/c1-3-9-20(4-2)12-13-5-7-17-15(10-13)16-11-14(21)6-8-18(16)19-17/h6,8,11,13,19,21H,3-5,7,9-10,12H2,1-2H3. The van der Waals surface area contributed by atoms with Gasteiger partial charge in [0.1, 0.15) is 5.75 Å². The zero-order valence-corrected chi connectivity index (χ0v) is 13.2. The number of phenols is 1. The number of aryl methyl sites for hydroxylation is 1. The third kappa shape index (κ3) is 2.93. The molecule has 1 aromatic carbocycles. The molecule has 0 bridgehead atoms. The summed E-state index contributed by atoms with van der Waals surface area (Å²) in [6.45, 7) is 8.06. The SMILES string of the molecule is CCCN(CC)CC1CCc2[nH]c3ccc(O)cc3c2C1. The van der Waals surface area contributed by atoms with E-state index >= 15 is 0 Å². The second-order valence-electron chi connectivity index (χ2n) is 6.31. The predicted molar refractivity (Wildman–Crippen MR) is 87.9 cm³/mol. The van der Waals surface area contributed by atoms with Gasteiger partial charge in [0.05, 0.1) is 0 Å². The van der Waals surface area contributed by atoms with Gasteiger partial charge in [0, 0.05) is 23.1 Å². The molecule has 2 N–H and O–H groups in total. The molecule has 1 atom stereocenters. The van der Waals surface area contributed by atoms with Crippen LogP contribution in [-0.4, -0.2) is 34.6 Å². The molecule has 2 aromatic rings. The molecule has 1 heterocycles. The maximum Gasteiger partial charge on any atom is 0.116 e. The number of rotatable bonds is 5. The van der Waals surface area contributed by atoms with Crippen LogP contribution < -0.4 is 0 Å². The molecule has 0 radical (unpaired) electrons. The van der Waals surface area contributed by atoms with E-state index in [-0.39, 0.29) is 0 Å². The molecule has 114 valence electrons. The van der Waals surface area contributed by atoms with Gasteiger partial charge in [0.15, 0.2) is 0 Å². The van der Waals surface area contributed by atoms with E-state index in [2.05, 4.69) is 23.7 Å². The summed E-state index contributed by atoms with van der Waals surface area (Å²) in [6, 6.07) is 5.67. The maximum atomic E-state index is 9.75. The first-order valence-electron chi connectivity index (χ1n) is 8.26. The first-order valence-corrected chi connectivity index (χ1v) is 8.26. The highest BCUT2D eigenvalue weighted by Gasteiger charge is 2.23. The van der Waals surface area contributed by atoms with E-state index in [0.717, 1.165) is 25.3 Å². The van der Waals surface area contributed by atoms with Gasteiger partial charge < -0.3 is 15.0 Å². The Bertz CT molecular complexity index is 617. The van der Waals surface area contributed by atoms with Crippen LogP contribution in [0.15, 0.2) is 18.2 Å². The number of nitrogens with zero attached hydrogens (tertiary/aromatic N) is 1. The molecule has 0 amide bonds. The van der Waals surface area contributed by atoms with E-state index in [0.29, 0.717) is 5.75 Å². The third-order valence-electron chi connectivity index (χ3n) is 4.78. The Morgan fingerprint density at radius 2 is 2.19 bits per heavy atom. The van der Waals surface area contributed by atoms with Gasteiger partial charge in [-0.3, -0.25) is 0 Å². The van der Waals surface area contributed by atoms with Crippen molar-refractivity contribution in [2.45, 2.75) is 39.5 Å². The Balaban J connectivity index is 1.81. The highest BCUT2D eigenvalue weighted by atomic mass is 16.3. The van der Waals surface area contributed by atoms with Crippen molar-refractivity contribution in [3.63, 3.8) is 0 Å². The minimum Gasteiger partial charge on any atom is -0.508 e. The van der Waals surface area contributed by atoms with E-state index in [1.54, 1.807) is 6.07 Å². The van der Waals surface area contributed by atoms with Gasteiger partial charge in [-0.05, 0) is 68.5 Å². The Kier molecular flexibility index (Phi) is 4.20. The summed E-state index contributed by atoms with van der Waals surface area (Å²) in [6.07, 6.45) is 4.77. The lowest BCUT2D eigenvalue weighted by molar-refractivity contribution is 0.229. The first kappa shape index (κ1) is 14.5. The summed E-state index contributed by atoms with van der Waals surface area (Å²) >= 11 is 0. The molecule has 3 nitrogen and oxygen atoms in total. The van der Waals surface area contributed by atoms with Gasteiger partial charge >= 0.3 is 0 Å². The number of hydrogen-bond acceptors (Lipinski definition) is 2. The van der Waals surface area contributed by atoms with Crippen LogP contribution in [-0.2, 0) is 12.8 Å². The molecule has 0 saturated heterocycles. The zero-order chi connectivity index (χ0) is 14.8. The average Bonchev–Trinajstić information content (AvgIpc) is 2.84. The Morgan fingerprint density at radius 3 is 2.95 bits per heavy atom. The summed E-state index contributed by atoms with van der Waals surface area (Å²) in [5, 5.41) is 11.0. The number of fused-ring (bicyclic) bond motifs is 3. The van der Waals surface area contributed by atoms with Crippen LogP contribution in [0.1, 0.15) is 37.9 Å². The zero-order valence-electron chi connectivity index (χ0n) is 13.2. The molecule has 0 saturated carbocycles. The molecule has 21 heavy (non-hydrogen) atoms. The molecule has 3 rings (SSSR count). The van der Waals surface area contributed by atoms with Gasteiger partial charge in [-0.2, -0.15) is 0 Å². The molecule has 0 spiro atoms. The second kappa shape index (κ2) is 6.10. The molecule has 0 aliphatic heterocycles. The summed E-state index contributed by atoms with van der Waals surface area (Å²) in [5.41, 5.74) is 3.98. The first-order chi connectivity index (χ1) is 10.2. The summed E-state index contributed by atoms with van der Waals surface area (Å²) < 4.78 is 0. The smallest absolute Gasteiger partial charge is 0.116 e. The number of aromatic hydroxyl groups is 1. The van der Waals surface area contributed by atoms with Crippen molar-refractivity contribution in [2.24, 2.45) is 5.92 Å². The van der Waals surface area contributed by atoms with Crippen LogP contribution in [0.5, 0.6) is 5.75 Å². The lowest BCUT2D eigenvalue weighted by atomic mass is 9.86. The fourth-order valence-electron chi connectivity index (χ4n) is 3.69. The molecule has 1 unspecified atom stereocenters.